The van der Waals surface area contributed by atoms with Gasteiger partial charge in [-0.1, -0.05) is 27.7 Å². The van der Waals surface area contributed by atoms with Crippen molar-refractivity contribution in [3.8, 4) is 0 Å². The first-order valence-electron chi connectivity index (χ1n) is 7.74. The van der Waals surface area contributed by atoms with Crippen molar-refractivity contribution in [1.82, 2.24) is 4.90 Å². The molecule has 0 aromatic heterocycles. The van der Waals surface area contributed by atoms with Gasteiger partial charge in [-0.2, -0.15) is 0 Å². The van der Waals surface area contributed by atoms with Gasteiger partial charge < -0.3 is 9.84 Å². The van der Waals surface area contributed by atoms with Crippen LogP contribution < -0.4 is 0 Å². The molecule has 0 aromatic carbocycles. The Bertz CT molecular complexity index is 349. The molecule has 20 heavy (non-hydrogen) atoms. The lowest BCUT2D eigenvalue weighted by Gasteiger charge is -2.51. The number of hydrogen-bond donors (Lipinski definition) is 1. The van der Waals surface area contributed by atoms with Crippen LogP contribution in [0.25, 0.3) is 0 Å². The number of rotatable bonds is 3. The zero-order valence-electron chi connectivity index (χ0n) is 13.3. The van der Waals surface area contributed by atoms with Gasteiger partial charge in [0.25, 0.3) is 0 Å². The average molecular weight is 283 g/mol. The van der Waals surface area contributed by atoms with Crippen LogP contribution in [0.1, 0.15) is 53.4 Å². The summed E-state index contributed by atoms with van der Waals surface area (Å²) in [6.45, 7) is 11.5. The molecule has 0 amide bonds. The normalized spacial score (nSPS) is 31.1. The maximum absolute atomic E-state index is 11.1. The molecule has 1 unspecified atom stereocenters. The number of morpholine rings is 1. The highest BCUT2D eigenvalue weighted by molar-refractivity contribution is 5.67. The van der Waals surface area contributed by atoms with Crippen LogP contribution >= 0.6 is 0 Å². The quantitative estimate of drug-likeness (QED) is 0.865. The summed E-state index contributed by atoms with van der Waals surface area (Å²) in [5.41, 5.74) is 0.664. The summed E-state index contributed by atoms with van der Waals surface area (Å²) < 4.78 is 5.50. The largest absolute Gasteiger partial charge is 0.481 e. The van der Waals surface area contributed by atoms with Crippen molar-refractivity contribution in [2.45, 2.75) is 65.5 Å². The molecule has 1 aliphatic carbocycles. The molecule has 1 saturated carbocycles. The Labute approximate surface area is 122 Å². The highest BCUT2D eigenvalue weighted by atomic mass is 16.5. The van der Waals surface area contributed by atoms with E-state index in [2.05, 4.69) is 32.6 Å². The fourth-order valence-corrected chi connectivity index (χ4v) is 4.55. The second kappa shape index (κ2) is 5.64. The van der Waals surface area contributed by atoms with Gasteiger partial charge in [0.05, 0.1) is 19.6 Å². The van der Waals surface area contributed by atoms with E-state index < -0.39 is 5.97 Å². The van der Waals surface area contributed by atoms with Crippen molar-refractivity contribution in [2.24, 2.45) is 10.8 Å². The average Bonchev–Trinajstić information content (AvgIpc) is 2.24. The second-order valence-corrected chi connectivity index (χ2v) is 8.13. The lowest BCUT2D eigenvalue weighted by Crippen LogP contribution is -2.55. The molecule has 0 bridgehead atoms. The van der Waals surface area contributed by atoms with Gasteiger partial charge in [0, 0.05) is 18.6 Å². The molecular formula is C16H29NO3. The highest BCUT2D eigenvalue weighted by Crippen LogP contribution is 2.47. The summed E-state index contributed by atoms with van der Waals surface area (Å²) in [5.74, 6) is -0.722. The van der Waals surface area contributed by atoms with Crippen LogP contribution in [0.4, 0.5) is 0 Å². The van der Waals surface area contributed by atoms with Crippen molar-refractivity contribution < 1.29 is 14.6 Å². The molecule has 4 nitrogen and oxygen atoms in total. The molecule has 1 aliphatic heterocycles. The van der Waals surface area contributed by atoms with Crippen molar-refractivity contribution in [3.63, 3.8) is 0 Å². The monoisotopic (exact) mass is 283 g/mol. The molecule has 0 spiro atoms. The van der Waals surface area contributed by atoms with Crippen molar-refractivity contribution in [3.05, 3.63) is 0 Å². The van der Waals surface area contributed by atoms with E-state index in [1.54, 1.807) is 0 Å². The van der Waals surface area contributed by atoms with E-state index in [-0.39, 0.29) is 12.5 Å². The van der Waals surface area contributed by atoms with Gasteiger partial charge in [-0.3, -0.25) is 9.69 Å². The van der Waals surface area contributed by atoms with Crippen LogP contribution in [0.3, 0.4) is 0 Å². The Balaban J connectivity index is 2.12. The second-order valence-electron chi connectivity index (χ2n) is 8.13. The highest BCUT2D eigenvalue weighted by Gasteiger charge is 2.42. The van der Waals surface area contributed by atoms with E-state index in [9.17, 15) is 4.79 Å². The van der Waals surface area contributed by atoms with Gasteiger partial charge in [0.1, 0.15) is 0 Å². The standard InChI is InChI=1S/C16H29NO3/c1-15(2)8-13(9-16(3,4)11-15)17-5-6-20-10-12(17)7-14(18)19/h12-13H,5-11H2,1-4H3,(H,18,19). The topological polar surface area (TPSA) is 49.8 Å². The molecule has 1 heterocycles. The fraction of sp³-hybridized carbons (Fsp3) is 0.938. The first-order chi connectivity index (χ1) is 9.19. The number of carbonyl (C=O) groups is 1. The fourth-order valence-electron chi connectivity index (χ4n) is 4.55. The predicted molar refractivity (Wildman–Crippen MR) is 78.8 cm³/mol. The van der Waals surface area contributed by atoms with Crippen molar-refractivity contribution in [1.29, 1.82) is 0 Å². The molecule has 1 atom stereocenters. The Morgan fingerprint density at radius 3 is 2.40 bits per heavy atom. The SMILES string of the molecule is CC1(C)CC(N2CCOCC2CC(=O)O)CC(C)(C)C1. The third-order valence-electron chi connectivity index (χ3n) is 4.69. The summed E-state index contributed by atoms with van der Waals surface area (Å²) in [4.78, 5) is 13.5. The Morgan fingerprint density at radius 2 is 1.85 bits per heavy atom. The van der Waals surface area contributed by atoms with Gasteiger partial charge in [-0.15, -0.1) is 0 Å². The maximum atomic E-state index is 11.1. The van der Waals surface area contributed by atoms with Crippen LogP contribution in [-0.2, 0) is 9.53 Å². The van der Waals surface area contributed by atoms with Crippen LogP contribution in [0.5, 0.6) is 0 Å². The predicted octanol–water partition coefficient (Wildman–Crippen LogP) is 2.77. The third-order valence-corrected chi connectivity index (χ3v) is 4.69. The number of aliphatic carboxylic acids is 1. The zero-order chi connectivity index (χ0) is 15.0. The van der Waals surface area contributed by atoms with Gasteiger partial charge in [-0.05, 0) is 30.1 Å². The number of carboxylic acid groups (broad SMARTS) is 1. The van der Waals surface area contributed by atoms with E-state index in [0.717, 1.165) is 26.0 Å². The molecule has 4 heteroatoms. The van der Waals surface area contributed by atoms with E-state index >= 15 is 0 Å². The number of ether oxygens (including phenoxy) is 1. The van der Waals surface area contributed by atoms with Gasteiger partial charge in [0.15, 0.2) is 0 Å². The molecule has 1 saturated heterocycles. The van der Waals surface area contributed by atoms with Gasteiger partial charge >= 0.3 is 5.97 Å². The number of nitrogens with zero attached hydrogens (tertiary/aromatic N) is 1. The van der Waals surface area contributed by atoms with E-state index in [1.165, 1.54) is 6.42 Å². The molecule has 2 rings (SSSR count). The number of hydrogen-bond acceptors (Lipinski definition) is 3. The molecule has 2 aliphatic rings. The van der Waals surface area contributed by atoms with Crippen LogP contribution in [-0.4, -0.2) is 47.8 Å². The Hall–Kier alpha value is -0.610. The molecule has 0 radical (unpaired) electrons. The molecule has 2 fully saturated rings. The molecule has 1 N–H and O–H groups in total. The molecule has 116 valence electrons. The Morgan fingerprint density at radius 1 is 1.25 bits per heavy atom. The minimum Gasteiger partial charge on any atom is -0.481 e. The molecular weight excluding hydrogens is 254 g/mol. The summed E-state index contributed by atoms with van der Waals surface area (Å²) in [6.07, 6.45) is 3.75. The third kappa shape index (κ3) is 3.95. The minimum atomic E-state index is -0.722. The summed E-state index contributed by atoms with van der Waals surface area (Å²) in [7, 11) is 0. The van der Waals surface area contributed by atoms with Crippen molar-refractivity contribution >= 4 is 5.97 Å². The van der Waals surface area contributed by atoms with Crippen LogP contribution in [0, 0.1) is 10.8 Å². The minimum absolute atomic E-state index is 0.0379. The first-order valence-corrected chi connectivity index (χ1v) is 7.74. The van der Waals surface area contributed by atoms with E-state index in [0.29, 0.717) is 23.5 Å². The lowest BCUT2D eigenvalue weighted by atomic mass is 9.63. The van der Waals surface area contributed by atoms with Crippen molar-refractivity contribution in [2.75, 3.05) is 19.8 Å². The van der Waals surface area contributed by atoms with Gasteiger partial charge in [-0.25, -0.2) is 0 Å². The van der Waals surface area contributed by atoms with Gasteiger partial charge in [0.2, 0.25) is 0 Å². The number of carboxylic acids is 1. The Kier molecular flexibility index (Phi) is 4.45. The van der Waals surface area contributed by atoms with E-state index in [4.69, 9.17) is 9.84 Å². The van der Waals surface area contributed by atoms with Crippen LogP contribution in [0.15, 0.2) is 0 Å². The summed E-state index contributed by atoms with van der Waals surface area (Å²) >= 11 is 0. The summed E-state index contributed by atoms with van der Waals surface area (Å²) in [6, 6.07) is 0.526. The molecule has 0 aromatic rings. The first kappa shape index (κ1) is 15.8. The van der Waals surface area contributed by atoms with Crippen LogP contribution in [0.2, 0.25) is 0 Å². The maximum Gasteiger partial charge on any atom is 0.305 e. The smallest absolute Gasteiger partial charge is 0.305 e. The lowest BCUT2D eigenvalue weighted by molar-refractivity contribution is -0.141. The zero-order valence-corrected chi connectivity index (χ0v) is 13.3. The van der Waals surface area contributed by atoms with E-state index in [1.807, 2.05) is 0 Å². The summed E-state index contributed by atoms with van der Waals surface area (Å²) in [5, 5.41) is 9.10.